The Kier molecular flexibility index (Phi) is 3.71. The molecular formula is C15H9ClF5NO. The molecule has 1 aromatic heterocycles. The topological polar surface area (TPSA) is 22.0 Å². The number of Topliss-reactive ketones (excluding diaryl/α,β-unsaturated/α-hetero) is 1. The maximum Gasteiger partial charge on any atom is 0.310 e. The monoisotopic (exact) mass is 349 g/mol. The molecule has 0 amide bonds. The van der Waals surface area contributed by atoms with Crippen LogP contribution in [0, 0.1) is 5.82 Å². The zero-order valence-electron chi connectivity index (χ0n) is 11.4. The second-order valence-corrected chi connectivity index (χ2v) is 5.67. The van der Waals surface area contributed by atoms with Crippen molar-refractivity contribution >= 4 is 17.4 Å². The van der Waals surface area contributed by atoms with Crippen molar-refractivity contribution in [2.45, 2.75) is 25.2 Å². The first-order chi connectivity index (χ1) is 10.7. The van der Waals surface area contributed by atoms with Crippen LogP contribution in [0.2, 0.25) is 5.02 Å². The summed E-state index contributed by atoms with van der Waals surface area (Å²) in [7, 11) is 0. The van der Waals surface area contributed by atoms with E-state index >= 15 is 0 Å². The fourth-order valence-corrected chi connectivity index (χ4v) is 2.94. The van der Waals surface area contributed by atoms with Gasteiger partial charge in [0.25, 0.3) is 6.43 Å². The Bertz CT molecular complexity index is 779. The third-order valence-corrected chi connectivity index (χ3v) is 3.95. The Morgan fingerprint density at radius 3 is 2.52 bits per heavy atom. The number of alkyl halides is 4. The molecule has 3 rings (SSSR count). The number of rotatable bonds is 2. The number of ketones is 1. The molecule has 2 nitrogen and oxygen atoms in total. The Hall–Kier alpha value is -1.89. The third-order valence-electron chi connectivity index (χ3n) is 3.73. The minimum atomic E-state index is -3.68. The lowest BCUT2D eigenvalue weighted by molar-refractivity contribution is 0.00124. The van der Waals surface area contributed by atoms with Gasteiger partial charge in [0.2, 0.25) is 5.78 Å². The predicted octanol–water partition coefficient (Wildman–Crippen LogP) is 4.97. The fraction of sp³-hybridized carbons (Fsp3) is 0.267. The summed E-state index contributed by atoms with van der Waals surface area (Å²) in [4.78, 5) is 11.8. The molecule has 122 valence electrons. The van der Waals surface area contributed by atoms with Gasteiger partial charge in [-0.15, -0.1) is 0 Å². The van der Waals surface area contributed by atoms with E-state index < -0.39 is 41.5 Å². The smallest absolute Gasteiger partial charge is 0.310 e. The van der Waals surface area contributed by atoms with Gasteiger partial charge in [-0.2, -0.15) is 8.78 Å². The first-order valence-corrected chi connectivity index (χ1v) is 7.00. The molecule has 8 heteroatoms. The fourth-order valence-electron chi connectivity index (χ4n) is 2.72. The molecule has 0 N–H and O–H groups in total. The van der Waals surface area contributed by atoms with E-state index in [4.69, 9.17) is 11.6 Å². The largest absolute Gasteiger partial charge is 0.319 e. The van der Waals surface area contributed by atoms with Crippen molar-refractivity contribution in [3.8, 4) is 5.69 Å². The molecule has 0 fully saturated rings. The number of hydrogen-bond acceptors (Lipinski definition) is 1. The molecule has 0 unspecified atom stereocenters. The van der Waals surface area contributed by atoms with Crippen LogP contribution in [0.5, 0.6) is 0 Å². The average Bonchev–Trinajstić information content (AvgIpc) is 2.82. The number of aromatic nitrogens is 1. The molecule has 1 aliphatic rings. The number of halogens is 6. The number of nitrogens with zero attached hydrogens (tertiary/aromatic N) is 1. The van der Waals surface area contributed by atoms with Gasteiger partial charge in [0.05, 0.1) is 5.56 Å². The van der Waals surface area contributed by atoms with Crippen LogP contribution in [0.4, 0.5) is 22.0 Å². The summed E-state index contributed by atoms with van der Waals surface area (Å²) in [6.45, 7) is 0. The van der Waals surface area contributed by atoms with Gasteiger partial charge >= 0.3 is 5.92 Å². The molecule has 0 saturated heterocycles. The number of fused-ring (bicyclic) bond motifs is 1. The van der Waals surface area contributed by atoms with Crippen LogP contribution in [0.25, 0.3) is 5.69 Å². The minimum absolute atomic E-state index is 0.0119. The van der Waals surface area contributed by atoms with Crippen LogP contribution in [0.1, 0.15) is 34.5 Å². The number of carbonyl (C=O) groups excluding carboxylic acids is 1. The summed E-state index contributed by atoms with van der Waals surface area (Å²) < 4.78 is 68.1. The van der Waals surface area contributed by atoms with Crippen LogP contribution >= 0.6 is 11.6 Å². The second kappa shape index (κ2) is 5.33. The van der Waals surface area contributed by atoms with E-state index in [9.17, 15) is 26.7 Å². The molecule has 1 heterocycles. The van der Waals surface area contributed by atoms with Crippen LogP contribution in [0.3, 0.4) is 0 Å². The van der Waals surface area contributed by atoms with E-state index in [2.05, 4.69) is 0 Å². The summed E-state index contributed by atoms with van der Waals surface area (Å²) in [5.41, 5.74) is -1.37. The average molecular weight is 350 g/mol. The van der Waals surface area contributed by atoms with Crippen molar-refractivity contribution in [3.63, 3.8) is 0 Å². The standard InChI is InChI=1S/C15H9ClF5NO/c16-7-3-8(17)5-9(4-7)22-6-10(14(18)19)12-11(22)1-2-15(20,21)13(12)23/h3-6,14H,1-2H2. The molecule has 1 aliphatic carbocycles. The van der Waals surface area contributed by atoms with Crippen molar-refractivity contribution in [2.75, 3.05) is 0 Å². The van der Waals surface area contributed by atoms with E-state index in [0.717, 1.165) is 22.9 Å². The van der Waals surface area contributed by atoms with Crippen molar-refractivity contribution in [3.05, 3.63) is 52.1 Å². The molecule has 0 saturated carbocycles. The summed E-state index contributed by atoms with van der Waals surface area (Å²) in [6.07, 6.45) is -3.28. The highest BCUT2D eigenvalue weighted by atomic mass is 35.5. The maximum absolute atomic E-state index is 13.6. The van der Waals surface area contributed by atoms with Gasteiger partial charge in [-0.25, -0.2) is 13.2 Å². The van der Waals surface area contributed by atoms with Gasteiger partial charge in [0.1, 0.15) is 5.82 Å². The van der Waals surface area contributed by atoms with Gasteiger partial charge < -0.3 is 4.57 Å². The summed E-state index contributed by atoms with van der Waals surface area (Å²) >= 11 is 5.74. The van der Waals surface area contributed by atoms with Crippen LogP contribution in [-0.4, -0.2) is 16.3 Å². The third kappa shape index (κ3) is 2.63. The van der Waals surface area contributed by atoms with E-state index in [-0.39, 0.29) is 22.8 Å². The Morgan fingerprint density at radius 2 is 1.91 bits per heavy atom. The van der Waals surface area contributed by atoms with Gasteiger partial charge in [-0.3, -0.25) is 4.79 Å². The first kappa shape index (κ1) is 16.0. The highest BCUT2D eigenvalue weighted by Gasteiger charge is 2.47. The molecule has 0 spiro atoms. The molecule has 1 aromatic carbocycles. The number of benzene rings is 1. The van der Waals surface area contributed by atoms with Gasteiger partial charge in [0, 0.05) is 34.6 Å². The Labute approximate surface area is 132 Å². The number of hydrogen-bond donors (Lipinski definition) is 0. The van der Waals surface area contributed by atoms with Gasteiger partial charge in [-0.05, 0) is 24.6 Å². The molecule has 0 radical (unpaired) electrons. The van der Waals surface area contributed by atoms with E-state index in [1.165, 1.54) is 6.07 Å². The predicted molar refractivity (Wildman–Crippen MR) is 73.3 cm³/mol. The quantitative estimate of drug-likeness (QED) is 0.701. The lowest BCUT2D eigenvalue weighted by Gasteiger charge is -2.22. The van der Waals surface area contributed by atoms with Crippen LogP contribution in [0.15, 0.2) is 24.4 Å². The van der Waals surface area contributed by atoms with E-state index in [1.54, 1.807) is 0 Å². The van der Waals surface area contributed by atoms with Gasteiger partial charge in [-0.1, -0.05) is 11.6 Å². The Morgan fingerprint density at radius 1 is 1.22 bits per heavy atom. The van der Waals surface area contributed by atoms with Crippen molar-refractivity contribution in [1.82, 2.24) is 4.57 Å². The lowest BCUT2D eigenvalue weighted by Crippen LogP contribution is -2.35. The highest BCUT2D eigenvalue weighted by Crippen LogP contribution is 2.40. The lowest BCUT2D eigenvalue weighted by atomic mass is 9.90. The number of carbonyl (C=O) groups is 1. The van der Waals surface area contributed by atoms with Crippen molar-refractivity contribution in [2.24, 2.45) is 0 Å². The van der Waals surface area contributed by atoms with E-state index in [1.807, 2.05) is 0 Å². The minimum Gasteiger partial charge on any atom is -0.319 e. The van der Waals surface area contributed by atoms with Crippen molar-refractivity contribution in [1.29, 1.82) is 0 Å². The molecule has 2 aromatic rings. The van der Waals surface area contributed by atoms with Crippen LogP contribution in [-0.2, 0) is 6.42 Å². The molecular weight excluding hydrogens is 341 g/mol. The second-order valence-electron chi connectivity index (χ2n) is 5.24. The zero-order chi connectivity index (χ0) is 16.9. The molecule has 0 atom stereocenters. The SMILES string of the molecule is O=C1c2c(C(F)F)cn(-c3cc(F)cc(Cl)c3)c2CCC1(F)F. The van der Waals surface area contributed by atoms with Gasteiger partial charge in [0.15, 0.2) is 0 Å². The Balaban J connectivity index is 2.25. The zero-order valence-corrected chi connectivity index (χ0v) is 12.2. The molecule has 0 bridgehead atoms. The molecule has 0 aliphatic heterocycles. The van der Waals surface area contributed by atoms with Crippen molar-refractivity contribution < 1.29 is 26.7 Å². The maximum atomic E-state index is 13.6. The summed E-state index contributed by atoms with van der Waals surface area (Å²) in [6, 6.07) is 3.35. The summed E-state index contributed by atoms with van der Waals surface area (Å²) in [5, 5.41) is 0.0218. The molecule has 23 heavy (non-hydrogen) atoms. The highest BCUT2D eigenvalue weighted by molar-refractivity contribution is 6.30. The van der Waals surface area contributed by atoms with Crippen LogP contribution < -0.4 is 0 Å². The van der Waals surface area contributed by atoms with E-state index in [0.29, 0.717) is 0 Å². The normalized spacial score (nSPS) is 16.7. The first-order valence-electron chi connectivity index (χ1n) is 6.62. The summed E-state index contributed by atoms with van der Waals surface area (Å²) in [5.74, 6) is -6.01.